The van der Waals surface area contributed by atoms with Gasteiger partial charge in [-0.1, -0.05) is 29.5 Å². The molecule has 3 rings (SSSR count). The second-order valence-electron chi connectivity index (χ2n) is 4.96. The fourth-order valence-electron chi connectivity index (χ4n) is 2.21. The van der Waals surface area contributed by atoms with E-state index >= 15 is 0 Å². The Balaban J connectivity index is 2.19. The number of hydrogen-bond donors (Lipinski definition) is 0. The largest absolute Gasteiger partial charge is 0.315 e. The molecule has 0 aliphatic carbocycles. The van der Waals surface area contributed by atoms with E-state index in [1.165, 1.54) is 11.3 Å². The maximum atomic E-state index is 12.2. The molecule has 5 heteroatoms. The minimum Gasteiger partial charge on any atom is -0.315 e. The molecule has 0 N–H and O–H groups in total. The molecule has 21 heavy (non-hydrogen) atoms. The van der Waals surface area contributed by atoms with Crippen molar-refractivity contribution in [3.05, 3.63) is 59.0 Å². The molecule has 0 bridgehead atoms. The van der Waals surface area contributed by atoms with E-state index in [1.807, 2.05) is 30.3 Å². The summed E-state index contributed by atoms with van der Waals surface area (Å²) in [6, 6.07) is 13.7. The third-order valence-corrected chi connectivity index (χ3v) is 4.13. The van der Waals surface area contributed by atoms with Crippen LogP contribution in [0.5, 0.6) is 0 Å². The van der Waals surface area contributed by atoms with Crippen molar-refractivity contribution in [1.82, 2.24) is 9.97 Å². The van der Waals surface area contributed by atoms with Crippen LogP contribution in [0.1, 0.15) is 13.8 Å². The van der Waals surface area contributed by atoms with Crippen LogP contribution in [0.4, 0.5) is 10.8 Å². The van der Waals surface area contributed by atoms with Crippen LogP contribution >= 0.6 is 11.3 Å². The van der Waals surface area contributed by atoms with Gasteiger partial charge in [0.05, 0.1) is 5.39 Å². The third kappa shape index (κ3) is 2.64. The first-order chi connectivity index (χ1) is 10.2. The van der Waals surface area contributed by atoms with Gasteiger partial charge in [-0.05, 0) is 38.1 Å². The molecular weight excluding hydrogens is 282 g/mol. The molecule has 0 fully saturated rings. The molecule has 0 atom stereocenters. The fourth-order valence-corrected chi connectivity index (χ4v) is 3.31. The second-order valence-corrected chi connectivity index (χ2v) is 5.91. The van der Waals surface area contributed by atoms with Crippen molar-refractivity contribution in [2.24, 2.45) is 0 Å². The lowest BCUT2D eigenvalue weighted by molar-refractivity contribution is 0.783. The topological polar surface area (TPSA) is 46.1 Å². The first-order valence-electron chi connectivity index (χ1n) is 6.77. The van der Waals surface area contributed by atoms with Crippen LogP contribution in [0, 0.1) is 0 Å². The zero-order valence-electron chi connectivity index (χ0n) is 11.9. The van der Waals surface area contributed by atoms with Gasteiger partial charge in [-0.2, -0.15) is 4.98 Å². The SMILES string of the molecule is CC(C)N(c1ccccc1)c1nc(=O)c2cccnc2s1. The molecule has 3 aromatic rings. The van der Waals surface area contributed by atoms with Gasteiger partial charge < -0.3 is 4.90 Å². The van der Waals surface area contributed by atoms with E-state index in [9.17, 15) is 4.79 Å². The van der Waals surface area contributed by atoms with Gasteiger partial charge in [-0.3, -0.25) is 4.79 Å². The molecular formula is C16H15N3OS. The Labute approximate surface area is 126 Å². The van der Waals surface area contributed by atoms with Crippen LogP contribution in [-0.2, 0) is 0 Å². The van der Waals surface area contributed by atoms with Gasteiger partial charge in [0.1, 0.15) is 4.83 Å². The average Bonchev–Trinajstić information content (AvgIpc) is 2.48. The van der Waals surface area contributed by atoms with E-state index in [0.29, 0.717) is 15.3 Å². The zero-order valence-corrected chi connectivity index (χ0v) is 12.7. The Kier molecular flexibility index (Phi) is 3.66. The zero-order chi connectivity index (χ0) is 14.8. The summed E-state index contributed by atoms with van der Waals surface area (Å²) >= 11 is 1.44. The minimum atomic E-state index is -0.228. The van der Waals surface area contributed by atoms with Gasteiger partial charge in [0.25, 0.3) is 5.56 Å². The number of fused-ring (bicyclic) bond motifs is 1. The van der Waals surface area contributed by atoms with E-state index in [-0.39, 0.29) is 11.6 Å². The van der Waals surface area contributed by atoms with Crippen molar-refractivity contribution in [1.29, 1.82) is 0 Å². The van der Waals surface area contributed by atoms with Gasteiger partial charge in [-0.25, -0.2) is 4.98 Å². The van der Waals surface area contributed by atoms with Crippen molar-refractivity contribution >= 4 is 32.4 Å². The average molecular weight is 297 g/mol. The van der Waals surface area contributed by atoms with Crippen LogP contribution in [0.15, 0.2) is 53.5 Å². The van der Waals surface area contributed by atoms with Crippen molar-refractivity contribution in [3.63, 3.8) is 0 Å². The summed E-state index contributed by atoms with van der Waals surface area (Å²) in [6.45, 7) is 4.16. The lowest BCUT2D eigenvalue weighted by atomic mass is 10.2. The van der Waals surface area contributed by atoms with Crippen molar-refractivity contribution < 1.29 is 0 Å². The van der Waals surface area contributed by atoms with Crippen LogP contribution < -0.4 is 10.5 Å². The highest BCUT2D eigenvalue weighted by Crippen LogP contribution is 2.30. The Hall–Kier alpha value is -2.27. The summed E-state index contributed by atoms with van der Waals surface area (Å²) in [5.74, 6) is 0. The second kappa shape index (κ2) is 5.61. The molecule has 0 spiro atoms. The molecule has 2 aromatic heterocycles. The van der Waals surface area contributed by atoms with Gasteiger partial charge in [0.15, 0.2) is 5.13 Å². The minimum absolute atomic E-state index is 0.191. The molecule has 0 saturated heterocycles. The highest BCUT2D eigenvalue weighted by molar-refractivity contribution is 7.21. The highest BCUT2D eigenvalue weighted by atomic mass is 32.1. The van der Waals surface area contributed by atoms with Crippen molar-refractivity contribution in [3.8, 4) is 0 Å². The number of benzene rings is 1. The predicted molar refractivity (Wildman–Crippen MR) is 87.4 cm³/mol. The molecule has 0 aliphatic heterocycles. The first kappa shape index (κ1) is 13.7. The first-order valence-corrected chi connectivity index (χ1v) is 7.58. The maximum Gasteiger partial charge on any atom is 0.282 e. The number of para-hydroxylation sites is 1. The Morgan fingerprint density at radius 2 is 1.86 bits per heavy atom. The maximum absolute atomic E-state index is 12.2. The van der Waals surface area contributed by atoms with Crippen molar-refractivity contribution in [2.45, 2.75) is 19.9 Å². The lowest BCUT2D eigenvalue weighted by Crippen LogP contribution is -2.27. The van der Waals surface area contributed by atoms with Crippen molar-refractivity contribution in [2.75, 3.05) is 4.90 Å². The third-order valence-electron chi connectivity index (χ3n) is 3.14. The van der Waals surface area contributed by atoms with E-state index in [0.717, 1.165) is 5.69 Å². The summed E-state index contributed by atoms with van der Waals surface area (Å²) in [6.07, 6.45) is 1.70. The number of hydrogen-bond acceptors (Lipinski definition) is 5. The number of pyridine rings is 1. The van der Waals surface area contributed by atoms with E-state index in [4.69, 9.17) is 0 Å². The Morgan fingerprint density at radius 1 is 1.10 bits per heavy atom. The molecule has 0 unspecified atom stereocenters. The summed E-state index contributed by atoms with van der Waals surface area (Å²) in [5.41, 5.74) is 0.791. The standard InChI is InChI=1S/C16H15N3OS/c1-11(2)19(12-7-4-3-5-8-12)16-18-14(20)13-9-6-10-17-15(13)21-16/h3-11H,1-2H3. The molecule has 106 valence electrons. The Morgan fingerprint density at radius 3 is 2.57 bits per heavy atom. The highest BCUT2D eigenvalue weighted by Gasteiger charge is 2.17. The monoisotopic (exact) mass is 297 g/mol. The molecule has 2 heterocycles. The van der Waals surface area contributed by atoms with E-state index < -0.39 is 0 Å². The normalized spacial score (nSPS) is 11.0. The molecule has 1 aromatic carbocycles. The summed E-state index contributed by atoms with van der Waals surface area (Å²) in [4.78, 5) is 23.5. The fraction of sp³-hybridized carbons (Fsp3) is 0.188. The van der Waals surface area contributed by atoms with Crippen LogP contribution in [-0.4, -0.2) is 16.0 Å². The predicted octanol–water partition coefficient (Wildman–Crippen LogP) is 3.60. The quantitative estimate of drug-likeness (QED) is 0.741. The summed E-state index contributed by atoms with van der Waals surface area (Å²) in [7, 11) is 0. The smallest absolute Gasteiger partial charge is 0.282 e. The molecule has 0 radical (unpaired) electrons. The molecule has 0 amide bonds. The Bertz CT molecular complexity index is 814. The van der Waals surface area contributed by atoms with Gasteiger partial charge >= 0.3 is 0 Å². The number of anilines is 2. The summed E-state index contributed by atoms with van der Waals surface area (Å²) in [5, 5.41) is 1.25. The van der Waals surface area contributed by atoms with Gasteiger partial charge in [0, 0.05) is 17.9 Å². The molecule has 0 saturated carbocycles. The van der Waals surface area contributed by atoms with E-state index in [2.05, 4.69) is 28.7 Å². The van der Waals surface area contributed by atoms with Crippen LogP contribution in [0.3, 0.4) is 0 Å². The number of nitrogens with zero attached hydrogens (tertiary/aromatic N) is 3. The number of aromatic nitrogens is 2. The van der Waals surface area contributed by atoms with Crippen LogP contribution in [0.2, 0.25) is 0 Å². The van der Waals surface area contributed by atoms with E-state index in [1.54, 1.807) is 18.3 Å². The number of rotatable bonds is 3. The van der Waals surface area contributed by atoms with Gasteiger partial charge in [0.2, 0.25) is 0 Å². The lowest BCUT2D eigenvalue weighted by Gasteiger charge is -2.27. The molecule has 0 aliphatic rings. The summed E-state index contributed by atoms with van der Waals surface area (Å²) < 4.78 is 0. The van der Waals surface area contributed by atoms with Gasteiger partial charge in [-0.15, -0.1) is 0 Å². The molecule has 4 nitrogen and oxygen atoms in total. The van der Waals surface area contributed by atoms with Crippen LogP contribution in [0.25, 0.3) is 10.2 Å².